The van der Waals surface area contributed by atoms with Gasteiger partial charge in [-0.2, -0.15) is 4.98 Å². The largest absolute Gasteiger partial charge is 0.338 e. The number of para-hydroxylation sites is 1. The number of hydrogen-bond donors (Lipinski definition) is 2. The first kappa shape index (κ1) is 14.3. The Morgan fingerprint density at radius 2 is 2.17 bits per heavy atom. The molecule has 6 nitrogen and oxygen atoms in total. The zero-order valence-electron chi connectivity index (χ0n) is 12.6. The van der Waals surface area contributed by atoms with E-state index < -0.39 is 0 Å². The number of aromatic amines is 1. The van der Waals surface area contributed by atoms with Gasteiger partial charge in [-0.15, -0.1) is 5.10 Å². The molecule has 1 saturated carbocycles. The number of benzene rings is 1. The Balaban J connectivity index is 1.63. The third-order valence-electron chi connectivity index (χ3n) is 4.48. The molecule has 0 radical (unpaired) electrons. The van der Waals surface area contributed by atoms with Gasteiger partial charge in [0.1, 0.15) is 11.5 Å². The summed E-state index contributed by atoms with van der Waals surface area (Å²) >= 11 is 6.38. The third kappa shape index (κ3) is 2.30. The lowest BCUT2D eigenvalue weighted by atomic mass is 9.85. The topological polar surface area (TPSA) is 75.6 Å². The van der Waals surface area contributed by atoms with E-state index in [1.54, 1.807) is 4.57 Å². The molecule has 0 bridgehead atoms. The van der Waals surface area contributed by atoms with Gasteiger partial charge in [-0.3, -0.25) is 15.2 Å². The molecule has 2 N–H and O–H groups in total. The van der Waals surface area contributed by atoms with Crippen LogP contribution in [0.4, 0.5) is 5.95 Å². The zero-order valence-corrected chi connectivity index (χ0v) is 13.4. The van der Waals surface area contributed by atoms with Crippen LogP contribution >= 0.6 is 11.6 Å². The van der Waals surface area contributed by atoms with Crippen LogP contribution in [0.1, 0.15) is 41.5 Å². The lowest BCUT2D eigenvalue weighted by Crippen LogP contribution is -2.17. The van der Waals surface area contributed by atoms with E-state index in [0.717, 1.165) is 29.6 Å². The number of amides is 1. The summed E-state index contributed by atoms with van der Waals surface area (Å²) in [7, 11) is 1.82. The molecule has 1 aliphatic rings. The second-order valence-electron chi connectivity index (χ2n) is 5.86. The second kappa shape index (κ2) is 5.38. The summed E-state index contributed by atoms with van der Waals surface area (Å²) < 4.78 is 1.78. The Hall–Kier alpha value is -2.34. The van der Waals surface area contributed by atoms with Crippen molar-refractivity contribution >= 4 is 34.4 Å². The van der Waals surface area contributed by atoms with Gasteiger partial charge >= 0.3 is 0 Å². The number of anilines is 1. The fraction of sp³-hybridized carbons (Fsp3) is 0.312. The van der Waals surface area contributed by atoms with E-state index in [4.69, 9.17) is 11.6 Å². The van der Waals surface area contributed by atoms with Crippen molar-refractivity contribution < 1.29 is 4.79 Å². The van der Waals surface area contributed by atoms with Gasteiger partial charge in [-0.25, -0.2) is 0 Å². The van der Waals surface area contributed by atoms with Crippen molar-refractivity contribution in [3.8, 4) is 0 Å². The van der Waals surface area contributed by atoms with Gasteiger partial charge in [-0.1, -0.05) is 36.2 Å². The average molecular weight is 330 g/mol. The molecule has 1 aliphatic carbocycles. The number of hydrogen-bond acceptors (Lipinski definition) is 3. The minimum absolute atomic E-state index is 0.290. The fourth-order valence-corrected chi connectivity index (χ4v) is 3.33. The molecule has 0 spiro atoms. The Morgan fingerprint density at radius 3 is 2.87 bits per heavy atom. The predicted molar refractivity (Wildman–Crippen MR) is 88.9 cm³/mol. The number of carbonyl (C=O) groups is 1. The Morgan fingerprint density at radius 1 is 1.39 bits per heavy atom. The van der Waals surface area contributed by atoms with Gasteiger partial charge in [0.25, 0.3) is 5.91 Å². The molecule has 0 unspecified atom stereocenters. The molecule has 0 atom stereocenters. The zero-order chi connectivity index (χ0) is 16.0. The van der Waals surface area contributed by atoms with Gasteiger partial charge in [0.05, 0.1) is 5.02 Å². The number of halogens is 1. The molecule has 4 rings (SSSR count). The van der Waals surface area contributed by atoms with Crippen molar-refractivity contribution in [2.75, 3.05) is 5.32 Å². The highest BCUT2D eigenvalue weighted by molar-refractivity contribution is 6.39. The van der Waals surface area contributed by atoms with Gasteiger partial charge in [0, 0.05) is 23.9 Å². The van der Waals surface area contributed by atoms with Crippen molar-refractivity contribution in [1.82, 2.24) is 19.7 Å². The Labute approximate surface area is 137 Å². The van der Waals surface area contributed by atoms with Gasteiger partial charge in [0.2, 0.25) is 5.95 Å². The highest BCUT2D eigenvalue weighted by Gasteiger charge is 2.24. The second-order valence-corrected chi connectivity index (χ2v) is 6.24. The summed E-state index contributed by atoms with van der Waals surface area (Å²) in [6.45, 7) is 0. The number of carbonyl (C=O) groups excluding carboxylic acids is 1. The molecule has 2 aromatic heterocycles. The summed E-state index contributed by atoms with van der Waals surface area (Å²) in [6, 6.07) is 7.64. The summed E-state index contributed by atoms with van der Waals surface area (Å²) in [4.78, 5) is 16.9. The fourth-order valence-electron chi connectivity index (χ4n) is 2.95. The molecule has 7 heteroatoms. The van der Waals surface area contributed by atoms with Gasteiger partial charge in [-0.05, 0) is 18.9 Å². The number of rotatable bonds is 3. The van der Waals surface area contributed by atoms with Gasteiger partial charge < -0.3 is 4.57 Å². The minimum atomic E-state index is -0.312. The maximum absolute atomic E-state index is 12.6. The maximum atomic E-state index is 12.6. The van der Waals surface area contributed by atoms with Gasteiger partial charge in [0.15, 0.2) is 0 Å². The van der Waals surface area contributed by atoms with E-state index in [2.05, 4.69) is 20.5 Å². The molecule has 2 heterocycles. The van der Waals surface area contributed by atoms with Crippen molar-refractivity contribution in [3.05, 3.63) is 40.8 Å². The van der Waals surface area contributed by atoms with E-state index in [-0.39, 0.29) is 5.91 Å². The first-order valence-corrected chi connectivity index (χ1v) is 7.99. The smallest absolute Gasteiger partial charge is 0.276 e. The van der Waals surface area contributed by atoms with Crippen LogP contribution in [0.5, 0.6) is 0 Å². The molecule has 3 aromatic rings. The van der Waals surface area contributed by atoms with Crippen LogP contribution in [-0.2, 0) is 7.05 Å². The van der Waals surface area contributed by atoms with Crippen LogP contribution in [0.25, 0.3) is 10.9 Å². The van der Waals surface area contributed by atoms with Crippen LogP contribution in [0.2, 0.25) is 5.02 Å². The Bertz CT molecular complexity index is 854. The van der Waals surface area contributed by atoms with Crippen molar-refractivity contribution in [1.29, 1.82) is 0 Å². The highest BCUT2D eigenvalue weighted by atomic mass is 35.5. The van der Waals surface area contributed by atoms with Crippen LogP contribution in [-0.4, -0.2) is 25.7 Å². The average Bonchev–Trinajstić information content (AvgIpc) is 3.02. The SMILES string of the molecule is Cn1c(C(=O)Nc2n[nH]c(C3CCC3)n2)c(Cl)c2ccccc21. The molecule has 118 valence electrons. The minimum Gasteiger partial charge on any atom is -0.338 e. The molecular weight excluding hydrogens is 314 g/mol. The summed E-state index contributed by atoms with van der Waals surface area (Å²) in [5.74, 6) is 1.26. The third-order valence-corrected chi connectivity index (χ3v) is 4.86. The van der Waals surface area contributed by atoms with Crippen LogP contribution < -0.4 is 5.32 Å². The van der Waals surface area contributed by atoms with Crippen LogP contribution in [0, 0.1) is 0 Å². The lowest BCUT2D eigenvalue weighted by molar-refractivity contribution is 0.101. The monoisotopic (exact) mass is 329 g/mol. The van der Waals surface area contributed by atoms with E-state index in [9.17, 15) is 4.79 Å². The number of aryl methyl sites for hydroxylation is 1. The molecule has 23 heavy (non-hydrogen) atoms. The maximum Gasteiger partial charge on any atom is 0.276 e. The van der Waals surface area contributed by atoms with E-state index in [1.165, 1.54) is 6.42 Å². The number of fused-ring (bicyclic) bond motifs is 1. The standard InChI is InChI=1S/C16H16ClN5O/c1-22-11-8-3-2-7-10(11)12(17)13(22)15(23)19-16-18-14(20-21-16)9-5-4-6-9/h2-3,7-9H,4-6H2,1H3,(H2,18,19,20,21,23). The van der Waals surface area contributed by atoms with Crippen LogP contribution in [0.3, 0.4) is 0 Å². The number of H-pyrrole nitrogens is 1. The number of aromatic nitrogens is 4. The predicted octanol–water partition coefficient (Wildman–Crippen LogP) is 3.47. The van der Waals surface area contributed by atoms with Crippen molar-refractivity contribution in [2.24, 2.45) is 7.05 Å². The molecule has 0 aliphatic heterocycles. The first-order valence-electron chi connectivity index (χ1n) is 7.61. The normalized spacial score (nSPS) is 14.9. The van der Waals surface area contributed by atoms with Crippen molar-refractivity contribution in [3.63, 3.8) is 0 Å². The van der Waals surface area contributed by atoms with E-state index >= 15 is 0 Å². The summed E-state index contributed by atoms with van der Waals surface area (Å²) in [6.07, 6.45) is 3.47. The Kier molecular flexibility index (Phi) is 3.34. The van der Waals surface area contributed by atoms with Crippen molar-refractivity contribution in [2.45, 2.75) is 25.2 Å². The highest BCUT2D eigenvalue weighted by Crippen LogP contribution is 2.34. The molecule has 0 saturated heterocycles. The van der Waals surface area contributed by atoms with Crippen LogP contribution in [0.15, 0.2) is 24.3 Å². The van der Waals surface area contributed by atoms with E-state index in [1.807, 2.05) is 31.3 Å². The van der Waals surface area contributed by atoms with E-state index in [0.29, 0.717) is 22.6 Å². The molecular formula is C16H16ClN5O. The summed E-state index contributed by atoms with van der Waals surface area (Å²) in [5.41, 5.74) is 1.32. The number of nitrogens with zero attached hydrogens (tertiary/aromatic N) is 3. The quantitative estimate of drug-likeness (QED) is 0.772. The molecule has 1 aromatic carbocycles. The molecule has 1 amide bonds. The summed E-state index contributed by atoms with van der Waals surface area (Å²) in [5, 5.41) is 11.0. The molecule has 1 fully saturated rings. The first-order chi connectivity index (χ1) is 11.1. The lowest BCUT2D eigenvalue weighted by Gasteiger charge is -2.22. The number of nitrogens with one attached hydrogen (secondary N) is 2.